The maximum Gasteiger partial charge on any atom is 0.231 e. The molecule has 1 aromatic heterocycles. The van der Waals surface area contributed by atoms with Crippen LogP contribution in [0.4, 0.5) is 0 Å². The first kappa shape index (κ1) is 15.7. The highest BCUT2D eigenvalue weighted by Crippen LogP contribution is 2.35. The van der Waals surface area contributed by atoms with Crippen LogP contribution in [0.2, 0.25) is 0 Å². The number of sulfonamides is 1. The lowest BCUT2D eigenvalue weighted by molar-refractivity contribution is 0.173. The highest BCUT2D eigenvalue weighted by molar-refractivity contribution is 7.89. The normalized spacial score (nSPS) is 13.2. The minimum atomic E-state index is -3.36. The molecular weight excluding hydrogens is 322 g/mol. The molecule has 23 heavy (non-hydrogen) atoms. The molecule has 7 nitrogen and oxygen atoms in total. The highest BCUT2D eigenvalue weighted by Gasteiger charge is 2.14. The van der Waals surface area contributed by atoms with E-state index in [9.17, 15) is 8.42 Å². The lowest BCUT2D eigenvalue weighted by Crippen LogP contribution is -2.26. The molecule has 0 aliphatic carbocycles. The zero-order valence-corrected chi connectivity index (χ0v) is 13.2. The van der Waals surface area contributed by atoms with Gasteiger partial charge >= 0.3 is 0 Å². The molecule has 1 N–H and O–H groups in total. The lowest BCUT2D eigenvalue weighted by Gasteiger charge is -2.08. The monoisotopic (exact) mass is 339 g/mol. The van der Waals surface area contributed by atoms with Gasteiger partial charge < -0.3 is 18.6 Å². The molecule has 2 aromatic rings. The number of rotatable bonds is 8. The van der Waals surface area contributed by atoms with E-state index in [-0.39, 0.29) is 19.1 Å². The Morgan fingerprint density at radius 1 is 1.17 bits per heavy atom. The topological polar surface area (TPSA) is 87.0 Å². The third kappa shape index (κ3) is 4.40. The average molecular weight is 339 g/mol. The summed E-state index contributed by atoms with van der Waals surface area (Å²) in [6, 6.07) is 8.68. The lowest BCUT2D eigenvalue weighted by atomic mass is 10.3. The van der Waals surface area contributed by atoms with Crippen LogP contribution in [0.5, 0.6) is 17.2 Å². The largest absolute Gasteiger partial charge is 0.493 e. The van der Waals surface area contributed by atoms with Gasteiger partial charge in [0.15, 0.2) is 11.5 Å². The Morgan fingerprint density at radius 3 is 2.87 bits per heavy atom. The van der Waals surface area contributed by atoms with Gasteiger partial charge in [-0.2, -0.15) is 0 Å². The summed E-state index contributed by atoms with van der Waals surface area (Å²) in [4.78, 5) is 0. The van der Waals surface area contributed by atoms with E-state index >= 15 is 0 Å². The number of fused-ring (bicyclic) bond motifs is 1. The Labute approximate surface area is 134 Å². The summed E-state index contributed by atoms with van der Waals surface area (Å²) in [5, 5.41) is 0. The molecule has 1 aromatic carbocycles. The standard InChI is InChI=1S/C15H17NO6S/c17-23(18,16-10-13-3-1-6-20-13)8-2-7-19-12-4-5-14-15(9-12)22-11-21-14/h1,3-6,9,16H,2,7-8,10-11H2. The summed E-state index contributed by atoms with van der Waals surface area (Å²) < 4.78 is 47.2. The van der Waals surface area contributed by atoms with E-state index in [0.29, 0.717) is 36.0 Å². The van der Waals surface area contributed by atoms with Gasteiger partial charge in [-0.05, 0) is 30.7 Å². The van der Waals surface area contributed by atoms with E-state index < -0.39 is 10.0 Å². The Hall–Kier alpha value is -2.19. The van der Waals surface area contributed by atoms with E-state index in [2.05, 4.69) is 4.72 Å². The predicted octanol–water partition coefficient (Wildman–Crippen LogP) is 1.90. The molecule has 0 atom stereocenters. The average Bonchev–Trinajstić information content (AvgIpc) is 3.20. The van der Waals surface area contributed by atoms with Crippen LogP contribution in [0.3, 0.4) is 0 Å². The van der Waals surface area contributed by atoms with Gasteiger partial charge in [0, 0.05) is 6.07 Å². The summed E-state index contributed by atoms with van der Waals surface area (Å²) in [7, 11) is -3.36. The number of hydrogen-bond donors (Lipinski definition) is 1. The molecule has 0 spiro atoms. The van der Waals surface area contributed by atoms with Gasteiger partial charge in [0.1, 0.15) is 11.5 Å². The Morgan fingerprint density at radius 2 is 2.04 bits per heavy atom. The molecule has 1 aliphatic heterocycles. The van der Waals surface area contributed by atoms with Crippen LogP contribution in [0.25, 0.3) is 0 Å². The maximum atomic E-state index is 11.8. The second-order valence-corrected chi connectivity index (χ2v) is 6.86. The Bertz CT molecular complexity index is 741. The number of furan rings is 1. The van der Waals surface area contributed by atoms with Gasteiger partial charge in [-0.1, -0.05) is 0 Å². The SMILES string of the molecule is O=S(=O)(CCCOc1ccc2c(c1)OCO2)NCc1ccco1. The van der Waals surface area contributed by atoms with Crippen molar-refractivity contribution >= 4 is 10.0 Å². The van der Waals surface area contributed by atoms with Gasteiger partial charge in [0.25, 0.3) is 0 Å². The van der Waals surface area contributed by atoms with Crippen molar-refractivity contribution < 1.29 is 27.0 Å². The quantitative estimate of drug-likeness (QED) is 0.739. The fourth-order valence-electron chi connectivity index (χ4n) is 2.07. The van der Waals surface area contributed by atoms with Gasteiger partial charge in [0.2, 0.25) is 16.8 Å². The van der Waals surface area contributed by atoms with Crippen LogP contribution in [-0.2, 0) is 16.6 Å². The van der Waals surface area contributed by atoms with Crippen molar-refractivity contribution in [3.8, 4) is 17.2 Å². The molecule has 0 unspecified atom stereocenters. The first-order valence-corrected chi connectivity index (χ1v) is 8.80. The van der Waals surface area contributed by atoms with Crippen LogP contribution in [0.1, 0.15) is 12.2 Å². The molecule has 0 bridgehead atoms. The van der Waals surface area contributed by atoms with Crippen LogP contribution in [0.15, 0.2) is 41.0 Å². The van der Waals surface area contributed by atoms with Crippen molar-refractivity contribution in [1.82, 2.24) is 4.72 Å². The second kappa shape index (κ2) is 6.93. The summed E-state index contributed by atoms with van der Waals surface area (Å²) in [6.45, 7) is 0.651. The Kier molecular flexibility index (Phi) is 4.73. The first-order chi connectivity index (χ1) is 11.1. The summed E-state index contributed by atoms with van der Waals surface area (Å²) in [5.41, 5.74) is 0. The van der Waals surface area contributed by atoms with E-state index in [1.807, 2.05) is 0 Å². The van der Waals surface area contributed by atoms with E-state index in [0.717, 1.165) is 0 Å². The molecule has 0 saturated heterocycles. The summed E-state index contributed by atoms with van der Waals surface area (Å²) in [5.74, 6) is 2.50. The molecule has 8 heteroatoms. The van der Waals surface area contributed by atoms with Crippen molar-refractivity contribution in [2.24, 2.45) is 0 Å². The number of nitrogens with one attached hydrogen (secondary N) is 1. The molecule has 124 valence electrons. The van der Waals surface area contributed by atoms with Gasteiger partial charge in [0.05, 0.1) is 25.2 Å². The van der Waals surface area contributed by atoms with Crippen LogP contribution < -0.4 is 18.9 Å². The minimum Gasteiger partial charge on any atom is -0.493 e. The maximum absolute atomic E-state index is 11.8. The smallest absolute Gasteiger partial charge is 0.231 e. The van der Waals surface area contributed by atoms with Gasteiger partial charge in [-0.15, -0.1) is 0 Å². The highest BCUT2D eigenvalue weighted by atomic mass is 32.2. The molecule has 0 fully saturated rings. The predicted molar refractivity (Wildman–Crippen MR) is 82.0 cm³/mol. The number of benzene rings is 1. The van der Waals surface area contributed by atoms with E-state index in [1.54, 1.807) is 30.3 Å². The van der Waals surface area contributed by atoms with Crippen molar-refractivity contribution in [1.29, 1.82) is 0 Å². The van der Waals surface area contributed by atoms with Crippen molar-refractivity contribution in [2.45, 2.75) is 13.0 Å². The fourth-order valence-corrected chi connectivity index (χ4v) is 3.08. The number of hydrogen-bond acceptors (Lipinski definition) is 6. The Balaban J connectivity index is 1.40. The van der Waals surface area contributed by atoms with Gasteiger partial charge in [-0.25, -0.2) is 13.1 Å². The van der Waals surface area contributed by atoms with Crippen LogP contribution >= 0.6 is 0 Å². The van der Waals surface area contributed by atoms with E-state index in [1.165, 1.54) is 6.26 Å². The zero-order chi connectivity index (χ0) is 16.1. The second-order valence-electron chi connectivity index (χ2n) is 4.94. The van der Waals surface area contributed by atoms with Crippen molar-refractivity contribution in [3.63, 3.8) is 0 Å². The molecule has 2 heterocycles. The summed E-state index contributed by atoms with van der Waals surface area (Å²) in [6.07, 6.45) is 1.88. The molecule has 0 radical (unpaired) electrons. The minimum absolute atomic E-state index is 0.0156. The summed E-state index contributed by atoms with van der Waals surface area (Å²) >= 11 is 0. The molecule has 0 amide bonds. The third-order valence-electron chi connectivity index (χ3n) is 3.22. The van der Waals surface area contributed by atoms with Crippen LogP contribution in [0, 0.1) is 0 Å². The van der Waals surface area contributed by atoms with Gasteiger partial charge in [-0.3, -0.25) is 0 Å². The van der Waals surface area contributed by atoms with E-state index in [4.69, 9.17) is 18.6 Å². The molecule has 0 saturated carbocycles. The zero-order valence-electron chi connectivity index (χ0n) is 12.4. The third-order valence-corrected chi connectivity index (χ3v) is 4.63. The van der Waals surface area contributed by atoms with Crippen molar-refractivity contribution in [3.05, 3.63) is 42.4 Å². The molecule has 1 aliphatic rings. The molecular formula is C15H17NO6S. The van der Waals surface area contributed by atoms with Crippen molar-refractivity contribution in [2.75, 3.05) is 19.2 Å². The molecule has 3 rings (SSSR count). The fraction of sp³-hybridized carbons (Fsp3) is 0.333. The first-order valence-electron chi connectivity index (χ1n) is 7.14. The van der Waals surface area contributed by atoms with Crippen LogP contribution in [-0.4, -0.2) is 27.6 Å². The number of ether oxygens (including phenoxy) is 3.